The summed E-state index contributed by atoms with van der Waals surface area (Å²) in [5, 5.41) is 9.75. The Morgan fingerprint density at radius 2 is 2.18 bits per heavy atom. The van der Waals surface area contributed by atoms with Crippen LogP contribution in [0, 0.1) is 11.6 Å². The van der Waals surface area contributed by atoms with Crippen molar-refractivity contribution < 1.29 is 8.78 Å². The lowest BCUT2D eigenvalue weighted by molar-refractivity contribution is 0.535. The zero-order valence-electron chi connectivity index (χ0n) is 9.37. The summed E-state index contributed by atoms with van der Waals surface area (Å²) < 4.78 is 26.6. The van der Waals surface area contributed by atoms with Crippen LogP contribution in [0.15, 0.2) is 30.5 Å². The Morgan fingerprint density at radius 1 is 1.35 bits per heavy atom. The van der Waals surface area contributed by atoms with E-state index in [0.717, 1.165) is 11.8 Å². The van der Waals surface area contributed by atoms with Gasteiger partial charge in [0.1, 0.15) is 11.6 Å². The standard InChI is InChI=1S/C12H13F2N3/c1-2-15-12(11-5-6-16-17-11)9-4-3-8(13)7-10(9)14/h3-7,12,15H,2H2,1H3,(H,16,17). The number of rotatable bonds is 4. The first-order chi connectivity index (χ1) is 8.22. The maximum Gasteiger partial charge on any atom is 0.131 e. The number of benzene rings is 1. The molecule has 90 valence electrons. The fourth-order valence-electron chi connectivity index (χ4n) is 1.75. The number of H-pyrrole nitrogens is 1. The van der Waals surface area contributed by atoms with Gasteiger partial charge in [-0.05, 0) is 18.7 Å². The highest BCUT2D eigenvalue weighted by Crippen LogP contribution is 2.23. The number of aromatic amines is 1. The van der Waals surface area contributed by atoms with E-state index in [2.05, 4.69) is 15.5 Å². The van der Waals surface area contributed by atoms with Gasteiger partial charge in [-0.15, -0.1) is 0 Å². The second kappa shape index (κ2) is 5.05. The molecule has 5 heteroatoms. The number of aromatic nitrogens is 2. The SMILES string of the molecule is CCNC(c1ccn[nH]1)c1ccc(F)cc1F. The van der Waals surface area contributed by atoms with Gasteiger partial charge in [0.25, 0.3) is 0 Å². The minimum absolute atomic E-state index is 0.344. The summed E-state index contributed by atoms with van der Waals surface area (Å²) in [7, 11) is 0. The largest absolute Gasteiger partial charge is 0.305 e. The minimum Gasteiger partial charge on any atom is -0.305 e. The maximum atomic E-state index is 13.7. The highest BCUT2D eigenvalue weighted by atomic mass is 19.1. The molecule has 0 aliphatic carbocycles. The number of nitrogens with one attached hydrogen (secondary N) is 2. The van der Waals surface area contributed by atoms with Crippen molar-refractivity contribution in [2.45, 2.75) is 13.0 Å². The predicted octanol–water partition coefficient (Wildman–Crippen LogP) is 2.39. The van der Waals surface area contributed by atoms with Crippen molar-refractivity contribution in [3.63, 3.8) is 0 Å². The lowest BCUT2D eigenvalue weighted by Gasteiger charge is -2.17. The third kappa shape index (κ3) is 2.50. The van der Waals surface area contributed by atoms with Crippen LogP contribution in [0.4, 0.5) is 8.78 Å². The molecule has 0 saturated carbocycles. The average Bonchev–Trinajstić information content (AvgIpc) is 2.80. The van der Waals surface area contributed by atoms with Crippen LogP contribution in [0.1, 0.15) is 24.2 Å². The molecule has 1 heterocycles. The molecule has 1 atom stereocenters. The van der Waals surface area contributed by atoms with Crippen LogP contribution in [0.3, 0.4) is 0 Å². The molecular weight excluding hydrogens is 224 g/mol. The van der Waals surface area contributed by atoms with Crippen LogP contribution in [0.25, 0.3) is 0 Å². The van der Waals surface area contributed by atoms with E-state index in [4.69, 9.17) is 0 Å². The van der Waals surface area contributed by atoms with Crippen molar-refractivity contribution in [1.82, 2.24) is 15.5 Å². The van der Waals surface area contributed by atoms with Crippen molar-refractivity contribution in [3.05, 3.63) is 53.4 Å². The Hall–Kier alpha value is -1.75. The minimum atomic E-state index is -0.578. The van der Waals surface area contributed by atoms with Crippen LogP contribution in [-0.4, -0.2) is 16.7 Å². The van der Waals surface area contributed by atoms with Gasteiger partial charge >= 0.3 is 0 Å². The molecule has 2 aromatic rings. The zero-order valence-corrected chi connectivity index (χ0v) is 9.37. The van der Waals surface area contributed by atoms with E-state index in [0.29, 0.717) is 12.1 Å². The van der Waals surface area contributed by atoms with Crippen molar-refractivity contribution in [2.75, 3.05) is 6.54 Å². The van der Waals surface area contributed by atoms with E-state index < -0.39 is 11.6 Å². The second-order valence-corrected chi connectivity index (χ2v) is 3.67. The molecule has 0 aliphatic heterocycles. The topological polar surface area (TPSA) is 40.7 Å². The van der Waals surface area contributed by atoms with E-state index in [1.54, 1.807) is 12.3 Å². The monoisotopic (exact) mass is 237 g/mol. The molecule has 0 radical (unpaired) electrons. The summed E-state index contributed by atoms with van der Waals surface area (Å²) >= 11 is 0. The summed E-state index contributed by atoms with van der Waals surface area (Å²) in [6, 6.07) is 4.99. The zero-order chi connectivity index (χ0) is 12.3. The Morgan fingerprint density at radius 3 is 2.76 bits per heavy atom. The molecule has 0 spiro atoms. The predicted molar refractivity (Wildman–Crippen MR) is 60.5 cm³/mol. The third-order valence-corrected chi connectivity index (χ3v) is 2.52. The summed E-state index contributed by atoms with van der Waals surface area (Å²) in [6.07, 6.45) is 1.60. The van der Waals surface area contributed by atoms with Gasteiger partial charge < -0.3 is 5.32 Å². The van der Waals surface area contributed by atoms with Crippen molar-refractivity contribution in [3.8, 4) is 0 Å². The van der Waals surface area contributed by atoms with E-state index in [-0.39, 0.29) is 6.04 Å². The highest BCUT2D eigenvalue weighted by molar-refractivity contribution is 5.28. The lowest BCUT2D eigenvalue weighted by Crippen LogP contribution is -2.23. The summed E-state index contributed by atoms with van der Waals surface area (Å²) in [4.78, 5) is 0. The van der Waals surface area contributed by atoms with Gasteiger partial charge in [0.2, 0.25) is 0 Å². The summed E-state index contributed by atoms with van der Waals surface area (Å²) in [6.45, 7) is 2.59. The van der Waals surface area contributed by atoms with Crippen LogP contribution in [-0.2, 0) is 0 Å². The van der Waals surface area contributed by atoms with E-state index >= 15 is 0 Å². The van der Waals surface area contributed by atoms with Crippen LogP contribution >= 0.6 is 0 Å². The van der Waals surface area contributed by atoms with Gasteiger partial charge in [0, 0.05) is 17.8 Å². The first-order valence-corrected chi connectivity index (χ1v) is 5.40. The Bertz CT molecular complexity index is 483. The maximum absolute atomic E-state index is 13.7. The molecule has 0 bridgehead atoms. The van der Waals surface area contributed by atoms with Crippen molar-refractivity contribution >= 4 is 0 Å². The fourth-order valence-corrected chi connectivity index (χ4v) is 1.75. The first kappa shape index (κ1) is 11.7. The molecule has 1 aromatic heterocycles. The molecule has 0 aliphatic rings. The molecule has 0 saturated heterocycles. The number of hydrogen-bond donors (Lipinski definition) is 2. The van der Waals surface area contributed by atoms with Gasteiger partial charge in [-0.2, -0.15) is 5.10 Å². The Balaban J connectivity index is 2.39. The summed E-state index contributed by atoms with van der Waals surface area (Å²) in [5.74, 6) is -1.14. The molecule has 17 heavy (non-hydrogen) atoms. The fraction of sp³-hybridized carbons (Fsp3) is 0.250. The van der Waals surface area contributed by atoms with Crippen LogP contribution in [0.2, 0.25) is 0 Å². The molecule has 2 rings (SSSR count). The van der Waals surface area contributed by atoms with Gasteiger partial charge in [-0.3, -0.25) is 5.10 Å². The van der Waals surface area contributed by atoms with Crippen molar-refractivity contribution in [2.24, 2.45) is 0 Å². The third-order valence-electron chi connectivity index (χ3n) is 2.52. The van der Waals surface area contributed by atoms with Gasteiger partial charge in [0.05, 0.1) is 11.7 Å². The van der Waals surface area contributed by atoms with Crippen LogP contribution < -0.4 is 5.32 Å². The van der Waals surface area contributed by atoms with Gasteiger partial charge in [-0.25, -0.2) is 8.78 Å². The molecular formula is C12H13F2N3. The van der Waals surface area contributed by atoms with E-state index in [1.165, 1.54) is 12.1 Å². The quantitative estimate of drug-likeness (QED) is 0.857. The molecule has 1 unspecified atom stereocenters. The number of halogens is 2. The van der Waals surface area contributed by atoms with E-state index in [9.17, 15) is 8.78 Å². The van der Waals surface area contributed by atoms with Crippen LogP contribution in [0.5, 0.6) is 0 Å². The number of hydrogen-bond acceptors (Lipinski definition) is 2. The molecule has 0 fully saturated rings. The summed E-state index contributed by atoms with van der Waals surface area (Å²) in [5.41, 5.74) is 1.15. The van der Waals surface area contributed by atoms with Gasteiger partial charge in [0.15, 0.2) is 0 Å². The lowest BCUT2D eigenvalue weighted by atomic mass is 10.0. The second-order valence-electron chi connectivity index (χ2n) is 3.67. The highest BCUT2D eigenvalue weighted by Gasteiger charge is 2.18. The Labute approximate surface area is 97.9 Å². The van der Waals surface area contributed by atoms with E-state index in [1.807, 2.05) is 6.92 Å². The molecule has 2 N–H and O–H groups in total. The first-order valence-electron chi connectivity index (χ1n) is 5.40. The van der Waals surface area contributed by atoms with Gasteiger partial charge in [-0.1, -0.05) is 13.0 Å². The smallest absolute Gasteiger partial charge is 0.131 e. The Kier molecular flexibility index (Phi) is 3.49. The molecule has 1 aromatic carbocycles. The molecule has 3 nitrogen and oxygen atoms in total. The normalized spacial score (nSPS) is 12.6. The van der Waals surface area contributed by atoms with Crippen molar-refractivity contribution in [1.29, 1.82) is 0 Å². The average molecular weight is 237 g/mol. The molecule has 0 amide bonds. The number of nitrogens with zero attached hydrogens (tertiary/aromatic N) is 1.